The Kier molecular flexibility index (Phi) is 2.57. The van der Waals surface area contributed by atoms with Crippen LogP contribution in [0.3, 0.4) is 0 Å². The zero-order chi connectivity index (χ0) is 12.9. The molecular weight excluding hydrogens is 220 g/mol. The zero-order valence-corrected chi connectivity index (χ0v) is 11.8. The van der Waals surface area contributed by atoms with E-state index in [1.165, 1.54) is 31.2 Å². The molecule has 2 aliphatic carbocycles. The van der Waals surface area contributed by atoms with Gasteiger partial charge in [-0.15, -0.1) is 0 Å². The van der Waals surface area contributed by atoms with E-state index in [9.17, 15) is 0 Å². The normalized spacial score (nSPS) is 23.7. The standard InChI is InChI=1S/C16H24N2/c1-14(2,3)18-12-16(10-15(11-16)6-7-15)13-4-8-17-9-5-13/h4-5,8-9,18H,6-7,10-12H2,1-3H3. The number of hydrogen-bond acceptors (Lipinski definition) is 2. The van der Waals surface area contributed by atoms with Gasteiger partial charge in [-0.05, 0) is 69.6 Å². The summed E-state index contributed by atoms with van der Waals surface area (Å²) in [5.41, 5.74) is 2.77. The molecule has 1 spiro atoms. The van der Waals surface area contributed by atoms with Crippen molar-refractivity contribution in [2.24, 2.45) is 5.41 Å². The number of aromatic nitrogens is 1. The first-order valence-electron chi connectivity index (χ1n) is 7.09. The molecule has 2 saturated carbocycles. The summed E-state index contributed by atoms with van der Waals surface area (Å²) in [5, 5.41) is 3.71. The van der Waals surface area contributed by atoms with E-state index in [0.29, 0.717) is 5.41 Å². The Morgan fingerprint density at radius 1 is 1.17 bits per heavy atom. The number of nitrogens with one attached hydrogen (secondary N) is 1. The van der Waals surface area contributed by atoms with Gasteiger partial charge in [-0.2, -0.15) is 0 Å². The summed E-state index contributed by atoms with van der Waals surface area (Å²) in [6, 6.07) is 4.42. The summed E-state index contributed by atoms with van der Waals surface area (Å²) in [6.07, 6.45) is 9.52. The molecule has 0 unspecified atom stereocenters. The number of pyridine rings is 1. The zero-order valence-electron chi connectivity index (χ0n) is 11.8. The Labute approximate surface area is 110 Å². The van der Waals surface area contributed by atoms with Gasteiger partial charge in [0.05, 0.1) is 0 Å². The van der Waals surface area contributed by atoms with Gasteiger partial charge in [-0.25, -0.2) is 0 Å². The largest absolute Gasteiger partial charge is 0.311 e. The lowest BCUT2D eigenvalue weighted by molar-refractivity contribution is 0.108. The molecule has 0 aliphatic heterocycles. The van der Waals surface area contributed by atoms with Gasteiger partial charge in [0.15, 0.2) is 0 Å². The van der Waals surface area contributed by atoms with Crippen molar-refractivity contribution in [2.75, 3.05) is 6.54 Å². The van der Waals surface area contributed by atoms with E-state index in [1.807, 2.05) is 12.4 Å². The first kappa shape index (κ1) is 12.2. The van der Waals surface area contributed by atoms with Crippen molar-refractivity contribution in [3.8, 4) is 0 Å². The summed E-state index contributed by atoms with van der Waals surface area (Å²) in [5.74, 6) is 0. The molecule has 3 rings (SSSR count). The van der Waals surface area contributed by atoms with Crippen molar-refractivity contribution in [3.05, 3.63) is 30.1 Å². The third-order valence-electron chi connectivity index (χ3n) is 4.63. The van der Waals surface area contributed by atoms with E-state index in [0.717, 1.165) is 12.0 Å². The second kappa shape index (κ2) is 3.80. The Balaban J connectivity index is 1.78. The van der Waals surface area contributed by atoms with Crippen LogP contribution in [0.1, 0.15) is 52.0 Å². The fourth-order valence-corrected chi connectivity index (χ4v) is 3.49. The molecular formula is C16H24N2. The lowest BCUT2D eigenvalue weighted by atomic mass is 9.56. The molecule has 2 heteroatoms. The molecule has 98 valence electrons. The maximum Gasteiger partial charge on any atom is 0.0270 e. The maximum atomic E-state index is 4.16. The maximum absolute atomic E-state index is 4.16. The van der Waals surface area contributed by atoms with Crippen LogP contribution in [0.4, 0.5) is 0 Å². The molecule has 2 aliphatic rings. The molecule has 18 heavy (non-hydrogen) atoms. The third kappa shape index (κ3) is 2.18. The molecule has 0 atom stereocenters. The quantitative estimate of drug-likeness (QED) is 0.882. The molecule has 0 radical (unpaired) electrons. The highest BCUT2D eigenvalue weighted by molar-refractivity contribution is 5.32. The lowest BCUT2D eigenvalue weighted by Gasteiger charge is -2.50. The highest BCUT2D eigenvalue weighted by atomic mass is 15.0. The van der Waals surface area contributed by atoms with Crippen LogP contribution in [0.2, 0.25) is 0 Å². The summed E-state index contributed by atoms with van der Waals surface area (Å²) >= 11 is 0. The third-order valence-corrected chi connectivity index (χ3v) is 4.63. The van der Waals surface area contributed by atoms with Crippen LogP contribution in [0, 0.1) is 5.41 Å². The van der Waals surface area contributed by atoms with Crippen LogP contribution < -0.4 is 5.32 Å². The Morgan fingerprint density at radius 3 is 2.28 bits per heavy atom. The van der Waals surface area contributed by atoms with Crippen molar-refractivity contribution in [1.29, 1.82) is 0 Å². The second-order valence-corrected chi connectivity index (χ2v) is 7.47. The first-order valence-corrected chi connectivity index (χ1v) is 7.09. The van der Waals surface area contributed by atoms with Gasteiger partial charge in [0, 0.05) is 29.9 Å². The highest BCUT2D eigenvalue weighted by Crippen LogP contribution is 2.68. The van der Waals surface area contributed by atoms with Gasteiger partial charge in [-0.3, -0.25) is 4.98 Å². The number of hydrogen-bond donors (Lipinski definition) is 1. The minimum absolute atomic E-state index is 0.201. The van der Waals surface area contributed by atoms with Crippen LogP contribution in [0.15, 0.2) is 24.5 Å². The average Bonchev–Trinajstić information content (AvgIpc) is 3.05. The van der Waals surface area contributed by atoms with E-state index < -0.39 is 0 Å². The van der Waals surface area contributed by atoms with Gasteiger partial charge >= 0.3 is 0 Å². The van der Waals surface area contributed by atoms with Crippen LogP contribution in [0.5, 0.6) is 0 Å². The number of rotatable bonds is 3. The molecule has 1 aromatic heterocycles. The van der Waals surface area contributed by atoms with Crippen molar-refractivity contribution < 1.29 is 0 Å². The predicted molar refractivity (Wildman–Crippen MR) is 74.6 cm³/mol. The van der Waals surface area contributed by atoms with Gasteiger partial charge in [0.25, 0.3) is 0 Å². The smallest absolute Gasteiger partial charge is 0.0270 e. The van der Waals surface area contributed by atoms with E-state index in [1.54, 1.807) is 0 Å². The van der Waals surface area contributed by atoms with Crippen LogP contribution in [-0.4, -0.2) is 17.1 Å². The van der Waals surface area contributed by atoms with Crippen LogP contribution in [-0.2, 0) is 5.41 Å². The predicted octanol–water partition coefficient (Wildman–Crippen LogP) is 3.28. The van der Waals surface area contributed by atoms with E-state index >= 15 is 0 Å². The minimum Gasteiger partial charge on any atom is -0.311 e. The van der Waals surface area contributed by atoms with E-state index in [-0.39, 0.29) is 5.54 Å². The van der Waals surface area contributed by atoms with Crippen LogP contribution in [0.25, 0.3) is 0 Å². The average molecular weight is 244 g/mol. The molecule has 2 nitrogen and oxygen atoms in total. The summed E-state index contributed by atoms with van der Waals surface area (Å²) in [6.45, 7) is 7.85. The topological polar surface area (TPSA) is 24.9 Å². The lowest BCUT2D eigenvalue weighted by Crippen LogP contribution is -2.53. The van der Waals surface area contributed by atoms with Gasteiger partial charge in [0.2, 0.25) is 0 Å². The highest BCUT2D eigenvalue weighted by Gasteiger charge is 2.61. The van der Waals surface area contributed by atoms with E-state index in [2.05, 4.69) is 43.2 Å². The summed E-state index contributed by atoms with van der Waals surface area (Å²) in [4.78, 5) is 4.16. The monoisotopic (exact) mass is 244 g/mol. The molecule has 1 aromatic rings. The molecule has 2 fully saturated rings. The van der Waals surface area contributed by atoms with E-state index in [4.69, 9.17) is 0 Å². The number of nitrogens with zero attached hydrogens (tertiary/aromatic N) is 1. The molecule has 0 saturated heterocycles. The molecule has 1 N–H and O–H groups in total. The van der Waals surface area contributed by atoms with Gasteiger partial charge in [0.1, 0.15) is 0 Å². The Morgan fingerprint density at radius 2 is 1.78 bits per heavy atom. The second-order valence-electron chi connectivity index (χ2n) is 7.47. The molecule has 1 heterocycles. The van der Waals surface area contributed by atoms with Crippen molar-refractivity contribution >= 4 is 0 Å². The molecule has 0 aromatic carbocycles. The molecule has 0 amide bonds. The Bertz CT molecular complexity index is 418. The van der Waals surface area contributed by atoms with Crippen molar-refractivity contribution in [1.82, 2.24) is 10.3 Å². The molecule has 0 bridgehead atoms. The fourth-order valence-electron chi connectivity index (χ4n) is 3.49. The summed E-state index contributed by atoms with van der Waals surface area (Å²) < 4.78 is 0. The van der Waals surface area contributed by atoms with Crippen molar-refractivity contribution in [3.63, 3.8) is 0 Å². The SMILES string of the molecule is CC(C)(C)NCC1(c2ccncc2)CC2(CC2)C1. The van der Waals surface area contributed by atoms with Crippen molar-refractivity contribution in [2.45, 2.75) is 57.4 Å². The first-order chi connectivity index (χ1) is 8.43. The fraction of sp³-hybridized carbons (Fsp3) is 0.688. The van der Waals surface area contributed by atoms with Gasteiger partial charge in [-0.1, -0.05) is 0 Å². The minimum atomic E-state index is 0.201. The van der Waals surface area contributed by atoms with Crippen LogP contribution >= 0.6 is 0 Å². The van der Waals surface area contributed by atoms with Gasteiger partial charge < -0.3 is 5.32 Å². The summed E-state index contributed by atoms with van der Waals surface area (Å²) in [7, 11) is 0. The Hall–Kier alpha value is -0.890.